The Morgan fingerprint density at radius 1 is 1.03 bits per heavy atom. The Morgan fingerprint density at radius 2 is 1.73 bits per heavy atom. The number of halogens is 5. The van der Waals surface area contributed by atoms with Crippen molar-refractivity contribution in [3.63, 3.8) is 0 Å². The first-order chi connectivity index (χ1) is 15.7. The number of benzene rings is 2. The lowest BCUT2D eigenvalue weighted by molar-refractivity contribution is -0.178. The molecule has 0 amide bonds. The van der Waals surface area contributed by atoms with Crippen LogP contribution >= 0.6 is 46.6 Å². The van der Waals surface area contributed by atoms with Gasteiger partial charge >= 0.3 is 0 Å². The maximum atomic E-state index is 13.8. The number of nitrogens with zero attached hydrogens (tertiary/aromatic N) is 3. The van der Waals surface area contributed by atoms with Crippen molar-refractivity contribution in [2.24, 2.45) is 0 Å². The van der Waals surface area contributed by atoms with Gasteiger partial charge < -0.3 is 20.1 Å². The van der Waals surface area contributed by atoms with E-state index in [2.05, 4.69) is 10.3 Å². The Labute approximate surface area is 205 Å². The summed E-state index contributed by atoms with van der Waals surface area (Å²) in [6.45, 7) is -0.530. The molecule has 0 bridgehead atoms. The number of aliphatic hydroxyl groups is 3. The molecule has 5 atom stereocenters. The van der Waals surface area contributed by atoms with Gasteiger partial charge in [0, 0.05) is 10.5 Å². The lowest BCUT2D eigenvalue weighted by atomic mass is 9.97. The van der Waals surface area contributed by atoms with Crippen LogP contribution in [0.2, 0.25) is 15.1 Å². The molecule has 33 heavy (non-hydrogen) atoms. The second-order valence-corrected chi connectivity index (χ2v) is 9.59. The van der Waals surface area contributed by atoms with Crippen LogP contribution in [0.5, 0.6) is 0 Å². The van der Waals surface area contributed by atoms with E-state index in [1.54, 1.807) is 18.2 Å². The minimum atomic E-state index is -1.36. The Morgan fingerprint density at radius 3 is 2.36 bits per heavy atom. The number of aromatic nitrogens is 3. The molecule has 3 N–H and O–H groups in total. The van der Waals surface area contributed by atoms with Gasteiger partial charge in [0.1, 0.15) is 52.1 Å². The molecule has 0 radical (unpaired) electrons. The Bertz CT molecular complexity index is 1150. The molecule has 13 heteroatoms. The largest absolute Gasteiger partial charge is 0.394 e. The lowest BCUT2D eigenvalue weighted by Crippen LogP contribution is -2.55. The summed E-state index contributed by atoms with van der Waals surface area (Å²) in [4.78, 5) is 0.631. The molecular formula is C20H16Cl3F2N3O4S. The number of ether oxygens (including phenoxy) is 1. The normalized spacial score (nSPS) is 25.4. The van der Waals surface area contributed by atoms with Crippen molar-refractivity contribution >= 4 is 46.6 Å². The van der Waals surface area contributed by atoms with E-state index >= 15 is 0 Å². The minimum Gasteiger partial charge on any atom is -0.394 e. The lowest BCUT2D eigenvalue weighted by Gasteiger charge is -2.41. The van der Waals surface area contributed by atoms with Crippen molar-refractivity contribution in [2.75, 3.05) is 6.61 Å². The zero-order valence-corrected chi connectivity index (χ0v) is 19.5. The summed E-state index contributed by atoms with van der Waals surface area (Å²) in [7, 11) is 0. The van der Waals surface area contributed by atoms with E-state index in [0.717, 1.165) is 23.9 Å². The van der Waals surface area contributed by atoms with Crippen molar-refractivity contribution in [1.82, 2.24) is 15.0 Å². The second-order valence-electron chi connectivity index (χ2n) is 7.23. The van der Waals surface area contributed by atoms with Gasteiger partial charge in [-0.25, -0.2) is 13.5 Å². The van der Waals surface area contributed by atoms with Gasteiger partial charge in [-0.15, -0.1) is 5.10 Å². The average Bonchev–Trinajstić information content (AvgIpc) is 3.26. The van der Waals surface area contributed by atoms with E-state index in [-0.39, 0.29) is 11.3 Å². The molecule has 3 aromatic rings. The van der Waals surface area contributed by atoms with Gasteiger partial charge in [-0.05, 0) is 30.3 Å². The number of aliphatic hydroxyl groups excluding tert-OH is 3. The fourth-order valence-electron chi connectivity index (χ4n) is 3.42. The van der Waals surface area contributed by atoms with Crippen molar-refractivity contribution in [3.8, 4) is 11.3 Å². The number of hydrogen-bond donors (Lipinski definition) is 3. The van der Waals surface area contributed by atoms with Gasteiger partial charge in [0.05, 0.1) is 22.8 Å². The monoisotopic (exact) mass is 537 g/mol. The maximum absolute atomic E-state index is 13.8. The third kappa shape index (κ3) is 4.98. The zero-order valence-electron chi connectivity index (χ0n) is 16.4. The van der Waals surface area contributed by atoms with Crippen LogP contribution < -0.4 is 0 Å². The van der Waals surface area contributed by atoms with Crippen LogP contribution in [0.15, 0.2) is 41.4 Å². The predicted molar refractivity (Wildman–Crippen MR) is 120 cm³/mol. The summed E-state index contributed by atoms with van der Waals surface area (Å²) in [6, 6.07) is 5.77. The van der Waals surface area contributed by atoms with Crippen LogP contribution in [-0.2, 0) is 4.74 Å². The van der Waals surface area contributed by atoms with E-state index in [4.69, 9.17) is 39.5 Å². The highest BCUT2D eigenvalue weighted by atomic mass is 35.5. The number of hydrogen-bond acceptors (Lipinski definition) is 7. The maximum Gasteiger partial charge on any atom is 0.145 e. The van der Waals surface area contributed by atoms with Crippen LogP contribution in [0.4, 0.5) is 8.78 Å². The summed E-state index contributed by atoms with van der Waals surface area (Å²) < 4.78 is 34.5. The molecule has 0 spiro atoms. The van der Waals surface area contributed by atoms with Gasteiger partial charge in [0.15, 0.2) is 0 Å². The standard InChI is InChI=1S/C20H16Cl3F2N3O4S/c21-10-2-1-9(5-11(10)22)33-20-19(31)17(18(30)15(7-29)32-20)28-6-14(26-27-28)8-3-12(24)16(23)13(25)4-8/h1-6,15,17-20,29-31H,7H2/t15?,17?,18-,19-,20+/m0/s1. The molecule has 0 saturated carbocycles. The fraction of sp³-hybridized carbons (Fsp3) is 0.300. The molecule has 1 aromatic heterocycles. The van der Waals surface area contributed by atoms with Crippen LogP contribution in [0.25, 0.3) is 11.3 Å². The Hall–Kier alpha value is -1.50. The predicted octanol–water partition coefficient (Wildman–Crippen LogP) is 3.96. The van der Waals surface area contributed by atoms with E-state index < -0.39 is 53.1 Å². The van der Waals surface area contributed by atoms with Crippen LogP contribution in [0.1, 0.15) is 6.04 Å². The fourth-order valence-corrected chi connectivity index (χ4v) is 4.99. The summed E-state index contributed by atoms with van der Waals surface area (Å²) in [5, 5.41) is 39.2. The summed E-state index contributed by atoms with van der Waals surface area (Å²) in [5.41, 5.74) is -0.771. The van der Waals surface area contributed by atoms with Gasteiger partial charge in [0.25, 0.3) is 0 Å². The smallest absolute Gasteiger partial charge is 0.145 e. The SMILES string of the molecule is OCC1O[C@H](Sc2ccc(Cl)c(Cl)c2)[C@@H](O)C(n2cc(-c3cc(F)c(Cl)c(F)c3)nn2)[C@H]1O. The topological polar surface area (TPSA) is 101 Å². The summed E-state index contributed by atoms with van der Waals surface area (Å²) in [5.74, 6) is -1.93. The van der Waals surface area contributed by atoms with Gasteiger partial charge in [-0.1, -0.05) is 51.8 Å². The molecule has 176 valence electrons. The third-order valence-electron chi connectivity index (χ3n) is 5.09. The molecule has 1 fully saturated rings. The highest BCUT2D eigenvalue weighted by Crippen LogP contribution is 2.39. The number of rotatable bonds is 5. The highest BCUT2D eigenvalue weighted by Gasteiger charge is 2.46. The quantitative estimate of drug-likeness (QED) is 0.423. The first kappa shape index (κ1) is 24.6. The summed E-state index contributed by atoms with van der Waals surface area (Å²) >= 11 is 18.6. The van der Waals surface area contributed by atoms with Crippen molar-refractivity contribution in [2.45, 2.75) is 34.7 Å². The minimum absolute atomic E-state index is 0.0668. The highest BCUT2D eigenvalue weighted by molar-refractivity contribution is 7.99. The van der Waals surface area contributed by atoms with E-state index in [9.17, 15) is 24.1 Å². The Kier molecular flexibility index (Phi) is 7.47. The second kappa shape index (κ2) is 10.0. The first-order valence-electron chi connectivity index (χ1n) is 9.50. The van der Waals surface area contributed by atoms with Crippen molar-refractivity contribution < 1.29 is 28.8 Å². The van der Waals surface area contributed by atoms with Gasteiger partial charge in [-0.3, -0.25) is 0 Å². The summed E-state index contributed by atoms with van der Waals surface area (Å²) in [6.07, 6.45) is -2.39. The molecule has 1 aliphatic heterocycles. The molecule has 2 unspecified atom stereocenters. The third-order valence-corrected chi connectivity index (χ3v) is 7.34. The van der Waals surface area contributed by atoms with Crippen LogP contribution in [0, 0.1) is 11.6 Å². The molecule has 2 aromatic carbocycles. The zero-order chi connectivity index (χ0) is 23.9. The van der Waals surface area contributed by atoms with Gasteiger partial charge in [-0.2, -0.15) is 0 Å². The van der Waals surface area contributed by atoms with E-state index in [0.29, 0.717) is 14.9 Å². The molecule has 2 heterocycles. The van der Waals surface area contributed by atoms with Crippen molar-refractivity contribution in [1.29, 1.82) is 0 Å². The molecule has 0 aliphatic carbocycles. The molecule has 7 nitrogen and oxygen atoms in total. The molecule has 1 aliphatic rings. The Balaban J connectivity index is 1.63. The van der Waals surface area contributed by atoms with Crippen LogP contribution in [-0.4, -0.2) is 60.7 Å². The van der Waals surface area contributed by atoms with Crippen LogP contribution in [0.3, 0.4) is 0 Å². The average molecular weight is 539 g/mol. The molecule has 1 saturated heterocycles. The first-order valence-corrected chi connectivity index (χ1v) is 11.5. The van der Waals surface area contributed by atoms with Gasteiger partial charge in [0.2, 0.25) is 0 Å². The number of thioether (sulfide) groups is 1. The molecule has 4 rings (SSSR count). The van der Waals surface area contributed by atoms with Crippen molar-refractivity contribution in [3.05, 3.63) is 63.2 Å². The van der Waals surface area contributed by atoms with E-state index in [1.807, 2.05) is 0 Å². The van der Waals surface area contributed by atoms with E-state index in [1.165, 1.54) is 10.9 Å². The molecular weight excluding hydrogens is 523 g/mol.